The summed E-state index contributed by atoms with van der Waals surface area (Å²) in [4.78, 5) is 24.9. The zero-order chi connectivity index (χ0) is 20.3. The van der Waals surface area contributed by atoms with Crippen molar-refractivity contribution in [3.63, 3.8) is 0 Å². The second kappa shape index (κ2) is 7.58. The van der Waals surface area contributed by atoms with Crippen LogP contribution in [-0.4, -0.2) is 32.2 Å². The Labute approximate surface area is 159 Å². The van der Waals surface area contributed by atoms with Gasteiger partial charge in [0.2, 0.25) is 0 Å². The van der Waals surface area contributed by atoms with Crippen molar-refractivity contribution in [1.82, 2.24) is 0 Å². The first-order valence-electron chi connectivity index (χ1n) is 8.12. The molecule has 0 aliphatic heterocycles. The van der Waals surface area contributed by atoms with Crippen LogP contribution < -0.4 is 10.6 Å². The number of carbonyl (C=O) groups is 2. The Balaban J connectivity index is 1.85. The van der Waals surface area contributed by atoms with Crippen molar-refractivity contribution in [2.45, 2.75) is 0 Å². The number of anilines is 2. The number of amides is 2. The first-order chi connectivity index (χ1) is 13.4. The number of phenolic OH excluding ortho intramolecular Hbond substituents is 4. The smallest absolute Gasteiger partial charge is 0.259 e. The fraction of sp³-hybridized carbons (Fsp3) is 0. The van der Waals surface area contributed by atoms with E-state index in [2.05, 4.69) is 10.6 Å². The molecule has 0 unspecified atom stereocenters. The number of benzene rings is 3. The van der Waals surface area contributed by atoms with Crippen LogP contribution in [-0.2, 0) is 0 Å². The Morgan fingerprint density at radius 2 is 0.964 bits per heavy atom. The molecule has 3 aromatic carbocycles. The zero-order valence-electron chi connectivity index (χ0n) is 14.4. The number of hydrogen-bond donors (Lipinski definition) is 6. The number of nitrogens with one attached hydrogen (secondary N) is 2. The molecule has 0 aliphatic carbocycles. The molecule has 0 saturated heterocycles. The van der Waals surface area contributed by atoms with E-state index in [0.29, 0.717) is 0 Å². The standard InChI is InChI=1S/C20H16N2O6/c23-15-9-3-5-11(17(15)25)19(27)21-13-7-1-2-8-14(13)22-20(28)12-6-4-10-16(24)18(12)26/h1-10,23-26H,(H,21,27)(H,22,28). The fourth-order valence-electron chi connectivity index (χ4n) is 2.51. The lowest BCUT2D eigenvalue weighted by molar-refractivity contribution is 0.101. The van der Waals surface area contributed by atoms with Crippen LogP contribution >= 0.6 is 0 Å². The predicted octanol–water partition coefficient (Wildman–Crippen LogP) is 3.01. The molecule has 0 aliphatic rings. The molecule has 0 fully saturated rings. The van der Waals surface area contributed by atoms with Crippen LogP contribution in [0.15, 0.2) is 60.7 Å². The van der Waals surface area contributed by atoms with Crippen LogP contribution in [0.2, 0.25) is 0 Å². The number of phenols is 4. The van der Waals surface area contributed by atoms with Gasteiger partial charge in [0.15, 0.2) is 23.0 Å². The quantitative estimate of drug-likeness (QED) is 0.385. The average Bonchev–Trinajstić information content (AvgIpc) is 2.67. The molecule has 0 heterocycles. The molecule has 28 heavy (non-hydrogen) atoms. The number of rotatable bonds is 4. The highest BCUT2D eigenvalue weighted by Crippen LogP contribution is 2.31. The Morgan fingerprint density at radius 1 is 0.571 bits per heavy atom. The summed E-state index contributed by atoms with van der Waals surface area (Å²) in [6.45, 7) is 0. The van der Waals surface area contributed by atoms with E-state index < -0.39 is 34.8 Å². The minimum absolute atomic E-state index is 0.147. The van der Waals surface area contributed by atoms with Crippen molar-refractivity contribution in [1.29, 1.82) is 0 Å². The first kappa shape index (κ1) is 18.6. The van der Waals surface area contributed by atoms with Crippen LogP contribution in [0.3, 0.4) is 0 Å². The summed E-state index contributed by atoms with van der Waals surface area (Å²) in [6, 6.07) is 14.2. The van der Waals surface area contributed by atoms with Gasteiger partial charge in [-0.25, -0.2) is 0 Å². The van der Waals surface area contributed by atoms with Crippen LogP contribution in [0.25, 0.3) is 0 Å². The van der Waals surface area contributed by atoms with Crippen molar-refractivity contribution in [3.05, 3.63) is 71.8 Å². The third-order valence-electron chi connectivity index (χ3n) is 3.94. The van der Waals surface area contributed by atoms with Gasteiger partial charge in [-0.3, -0.25) is 9.59 Å². The summed E-state index contributed by atoms with van der Waals surface area (Å²) in [5, 5.41) is 43.8. The monoisotopic (exact) mass is 380 g/mol. The molecule has 2 amide bonds. The van der Waals surface area contributed by atoms with E-state index >= 15 is 0 Å². The van der Waals surface area contributed by atoms with Gasteiger partial charge >= 0.3 is 0 Å². The largest absolute Gasteiger partial charge is 0.504 e. The second-order valence-corrected chi connectivity index (χ2v) is 5.80. The SMILES string of the molecule is O=C(Nc1ccccc1NC(=O)c1cccc(O)c1O)c1cccc(O)c1O. The maximum absolute atomic E-state index is 12.4. The van der Waals surface area contributed by atoms with Gasteiger partial charge < -0.3 is 31.1 Å². The summed E-state index contributed by atoms with van der Waals surface area (Å²) in [5.74, 6) is -3.40. The van der Waals surface area contributed by atoms with Crippen molar-refractivity contribution in [2.24, 2.45) is 0 Å². The lowest BCUT2D eigenvalue weighted by Gasteiger charge is -2.13. The van der Waals surface area contributed by atoms with Gasteiger partial charge in [0, 0.05) is 0 Å². The van der Waals surface area contributed by atoms with Gasteiger partial charge in [-0.15, -0.1) is 0 Å². The summed E-state index contributed by atoms with van der Waals surface area (Å²) in [5.41, 5.74) is 0.157. The molecule has 0 radical (unpaired) electrons. The molecular formula is C20H16N2O6. The summed E-state index contributed by atoms with van der Waals surface area (Å²) in [6.07, 6.45) is 0. The van der Waals surface area contributed by atoms with E-state index in [1.165, 1.54) is 48.5 Å². The first-order valence-corrected chi connectivity index (χ1v) is 8.12. The molecule has 0 saturated carbocycles. The molecule has 3 rings (SSSR count). The lowest BCUT2D eigenvalue weighted by atomic mass is 10.1. The maximum atomic E-state index is 12.4. The number of carbonyl (C=O) groups excluding carboxylic acids is 2. The van der Waals surface area contributed by atoms with Gasteiger partial charge in [0.05, 0.1) is 22.5 Å². The molecule has 6 N–H and O–H groups in total. The van der Waals surface area contributed by atoms with Crippen molar-refractivity contribution < 1.29 is 30.0 Å². The molecule has 3 aromatic rings. The van der Waals surface area contributed by atoms with Gasteiger partial charge in [-0.05, 0) is 36.4 Å². The highest BCUT2D eigenvalue weighted by Gasteiger charge is 2.18. The van der Waals surface area contributed by atoms with Crippen LogP contribution in [0, 0.1) is 0 Å². The highest BCUT2D eigenvalue weighted by atomic mass is 16.3. The molecule has 142 valence electrons. The third kappa shape index (κ3) is 3.65. The molecular weight excluding hydrogens is 364 g/mol. The molecule has 0 aromatic heterocycles. The van der Waals surface area contributed by atoms with E-state index in [9.17, 15) is 30.0 Å². The minimum Gasteiger partial charge on any atom is -0.504 e. The summed E-state index contributed by atoms with van der Waals surface area (Å²) >= 11 is 0. The minimum atomic E-state index is -0.699. The van der Waals surface area contributed by atoms with E-state index in [0.717, 1.165) is 0 Å². The van der Waals surface area contributed by atoms with Crippen molar-refractivity contribution in [3.8, 4) is 23.0 Å². The normalized spacial score (nSPS) is 10.3. The summed E-state index contributed by atoms with van der Waals surface area (Å²) in [7, 11) is 0. The number of para-hydroxylation sites is 4. The molecule has 0 spiro atoms. The van der Waals surface area contributed by atoms with Crippen LogP contribution in [0.4, 0.5) is 11.4 Å². The van der Waals surface area contributed by atoms with Crippen LogP contribution in [0.5, 0.6) is 23.0 Å². The number of aromatic hydroxyl groups is 4. The third-order valence-corrected chi connectivity index (χ3v) is 3.94. The van der Waals surface area contributed by atoms with E-state index in [1.807, 2.05) is 0 Å². The van der Waals surface area contributed by atoms with Gasteiger partial charge in [0.1, 0.15) is 0 Å². The topological polar surface area (TPSA) is 139 Å². The lowest BCUT2D eigenvalue weighted by Crippen LogP contribution is -2.17. The van der Waals surface area contributed by atoms with E-state index in [1.54, 1.807) is 12.1 Å². The Hall–Kier alpha value is -4.20. The van der Waals surface area contributed by atoms with Gasteiger partial charge in [-0.1, -0.05) is 24.3 Å². The fourth-order valence-corrected chi connectivity index (χ4v) is 2.51. The summed E-state index contributed by atoms with van der Waals surface area (Å²) < 4.78 is 0. The molecule has 8 nitrogen and oxygen atoms in total. The van der Waals surface area contributed by atoms with Gasteiger partial charge in [-0.2, -0.15) is 0 Å². The van der Waals surface area contributed by atoms with Crippen molar-refractivity contribution in [2.75, 3.05) is 10.6 Å². The van der Waals surface area contributed by atoms with Gasteiger partial charge in [0.25, 0.3) is 11.8 Å². The van der Waals surface area contributed by atoms with Crippen LogP contribution in [0.1, 0.15) is 20.7 Å². The highest BCUT2D eigenvalue weighted by molar-refractivity contribution is 6.11. The average molecular weight is 380 g/mol. The molecule has 0 atom stereocenters. The van der Waals surface area contributed by atoms with E-state index in [4.69, 9.17) is 0 Å². The number of hydrogen-bond acceptors (Lipinski definition) is 6. The predicted molar refractivity (Wildman–Crippen MR) is 102 cm³/mol. The molecule has 8 heteroatoms. The molecule has 0 bridgehead atoms. The second-order valence-electron chi connectivity index (χ2n) is 5.80. The van der Waals surface area contributed by atoms with E-state index in [-0.39, 0.29) is 22.5 Å². The zero-order valence-corrected chi connectivity index (χ0v) is 14.4. The van der Waals surface area contributed by atoms with Crippen molar-refractivity contribution >= 4 is 23.2 Å². The Morgan fingerprint density at radius 3 is 1.36 bits per heavy atom. The Kier molecular flexibility index (Phi) is 5.03. The Bertz CT molecular complexity index is 980. The maximum Gasteiger partial charge on any atom is 0.259 e.